The van der Waals surface area contributed by atoms with E-state index < -0.39 is 12.0 Å². The predicted molar refractivity (Wildman–Crippen MR) is 93.2 cm³/mol. The monoisotopic (exact) mass is 340 g/mol. The van der Waals surface area contributed by atoms with E-state index in [0.29, 0.717) is 36.9 Å². The Morgan fingerprint density at radius 1 is 1.08 bits per heavy atom. The maximum Gasteiger partial charge on any atom is 0.322 e. The van der Waals surface area contributed by atoms with Gasteiger partial charge in [0.1, 0.15) is 6.04 Å². The summed E-state index contributed by atoms with van der Waals surface area (Å²) < 4.78 is 4.58. The van der Waals surface area contributed by atoms with Crippen molar-refractivity contribution in [2.24, 2.45) is 5.73 Å². The zero-order valence-electron chi connectivity index (χ0n) is 14.0. The van der Waals surface area contributed by atoms with Crippen LogP contribution in [0.4, 0.5) is 0 Å². The molecule has 1 unspecified atom stereocenters. The van der Waals surface area contributed by atoms with E-state index in [1.54, 1.807) is 12.1 Å². The fourth-order valence-electron chi connectivity index (χ4n) is 3.19. The van der Waals surface area contributed by atoms with Crippen LogP contribution < -0.4 is 5.73 Å². The van der Waals surface area contributed by atoms with Crippen molar-refractivity contribution < 1.29 is 19.1 Å². The number of amides is 2. The van der Waals surface area contributed by atoms with Crippen LogP contribution in [0.15, 0.2) is 36.4 Å². The zero-order valence-corrected chi connectivity index (χ0v) is 14.0. The molecule has 2 amide bonds. The van der Waals surface area contributed by atoms with Gasteiger partial charge in [0.15, 0.2) is 0 Å². The second-order valence-electron chi connectivity index (χ2n) is 6.10. The van der Waals surface area contributed by atoms with E-state index in [4.69, 9.17) is 5.73 Å². The zero-order chi connectivity index (χ0) is 18.0. The van der Waals surface area contributed by atoms with Crippen molar-refractivity contribution in [3.05, 3.63) is 47.5 Å². The fraction of sp³-hybridized carbons (Fsp3) is 0.316. The third-order valence-corrected chi connectivity index (χ3v) is 4.51. The third kappa shape index (κ3) is 3.13. The molecule has 1 atom stereocenters. The highest BCUT2D eigenvalue weighted by Gasteiger charge is 2.32. The summed E-state index contributed by atoms with van der Waals surface area (Å²) in [5.41, 5.74) is 6.80. The number of carbonyl (C=O) groups is 3. The summed E-state index contributed by atoms with van der Waals surface area (Å²) in [7, 11) is 1.30. The molecular formula is C19H20N2O4. The molecule has 0 spiro atoms. The molecule has 0 saturated carbocycles. The first-order chi connectivity index (χ1) is 12.0. The Morgan fingerprint density at radius 3 is 2.24 bits per heavy atom. The highest BCUT2D eigenvalue weighted by molar-refractivity contribution is 6.25. The van der Waals surface area contributed by atoms with E-state index in [9.17, 15) is 14.4 Å². The number of esters is 1. The second-order valence-corrected chi connectivity index (χ2v) is 6.10. The minimum Gasteiger partial charge on any atom is -0.468 e. The van der Waals surface area contributed by atoms with Crippen molar-refractivity contribution in [3.8, 4) is 0 Å². The number of ether oxygens (including phenoxy) is 1. The molecule has 0 aliphatic carbocycles. The van der Waals surface area contributed by atoms with Crippen LogP contribution in [0.2, 0.25) is 0 Å². The van der Waals surface area contributed by atoms with Gasteiger partial charge in [0.2, 0.25) is 0 Å². The van der Waals surface area contributed by atoms with Gasteiger partial charge in [-0.25, -0.2) is 0 Å². The van der Waals surface area contributed by atoms with E-state index in [1.165, 1.54) is 12.0 Å². The highest BCUT2D eigenvalue weighted by Crippen LogP contribution is 2.30. The molecule has 2 aromatic carbocycles. The number of hydrogen-bond donors (Lipinski definition) is 1. The Morgan fingerprint density at radius 2 is 1.68 bits per heavy atom. The number of imide groups is 1. The second kappa shape index (κ2) is 7.03. The number of nitrogens with zero attached hydrogens (tertiary/aromatic N) is 1. The van der Waals surface area contributed by atoms with Crippen LogP contribution in [0.3, 0.4) is 0 Å². The van der Waals surface area contributed by atoms with Crippen LogP contribution in [-0.4, -0.2) is 42.4 Å². The molecule has 25 heavy (non-hydrogen) atoms. The molecule has 6 heteroatoms. The van der Waals surface area contributed by atoms with Crippen molar-refractivity contribution in [2.75, 3.05) is 13.7 Å². The van der Waals surface area contributed by atoms with Crippen molar-refractivity contribution in [1.82, 2.24) is 4.90 Å². The lowest BCUT2D eigenvalue weighted by Gasteiger charge is -2.27. The van der Waals surface area contributed by atoms with Crippen LogP contribution in [-0.2, 0) is 9.53 Å². The Bertz CT molecular complexity index is 796. The first kappa shape index (κ1) is 17.1. The number of nitrogens with two attached hydrogens (primary N) is 1. The lowest BCUT2D eigenvalue weighted by Crippen LogP contribution is -2.41. The maximum absolute atomic E-state index is 12.7. The SMILES string of the molecule is COC(=O)C(N)CCCCN1C(=O)c2cccc3cccc(c23)C1=O. The summed E-state index contributed by atoms with van der Waals surface area (Å²) in [6, 6.07) is 10.3. The first-order valence-corrected chi connectivity index (χ1v) is 8.26. The van der Waals surface area contributed by atoms with Gasteiger partial charge in [0.25, 0.3) is 11.8 Å². The Hall–Kier alpha value is -2.73. The molecule has 0 aromatic heterocycles. The first-order valence-electron chi connectivity index (χ1n) is 8.26. The number of methoxy groups -OCH3 is 1. The molecule has 1 heterocycles. The molecule has 2 N–H and O–H groups in total. The standard InChI is InChI=1S/C19H20N2O4/c1-25-19(24)15(20)10-2-3-11-21-17(22)13-8-4-6-12-7-5-9-14(16(12)13)18(21)23/h4-9,15H,2-3,10-11,20H2,1H3. The molecule has 0 bridgehead atoms. The van der Waals surface area contributed by atoms with Crippen LogP contribution >= 0.6 is 0 Å². The largest absolute Gasteiger partial charge is 0.468 e. The van der Waals surface area contributed by atoms with Crippen LogP contribution in [0.5, 0.6) is 0 Å². The molecular weight excluding hydrogens is 320 g/mol. The topological polar surface area (TPSA) is 89.7 Å². The normalized spacial score (nSPS) is 14.7. The summed E-state index contributed by atoms with van der Waals surface area (Å²) in [6.07, 6.45) is 1.66. The number of unbranched alkanes of at least 4 members (excludes halogenated alkanes) is 1. The number of rotatable bonds is 6. The van der Waals surface area contributed by atoms with Gasteiger partial charge in [-0.1, -0.05) is 24.3 Å². The van der Waals surface area contributed by atoms with Gasteiger partial charge in [-0.2, -0.15) is 0 Å². The van der Waals surface area contributed by atoms with Crippen molar-refractivity contribution in [2.45, 2.75) is 25.3 Å². The summed E-state index contributed by atoms with van der Waals surface area (Å²) >= 11 is 0. The average Bonchev–Trinajstić information content (AvgIpc) is 2.64. The van der Waals surface area contributed by atoms with Crippen molar-refractivity contribution in [3.63, 3.8) is 0 Å². The minimum atomic E-state index is -0.674. The van der Waals surface area contributed by atoms with Gasteiger partial charge in [0.05, 0.1) is 7.11 Å². The van der Waals surface area contributed by atoms with E-state index >= 15 is 0 Å². The highest BCUT2D eigenvalue weighted by atomic mass is 16.5. The third-order valence-electron chi connectivity index (χ3n) is 4.51. The molecule has 0 radical (unpaired) electrons. The van der Waals surface area contributed by atoms with Crippen LogP contribution in [0, 0.1) is 0 Å². The number of hydrogen-bond acceptors (Lipinski definition) is 5. The molecule has 1 aliphatic rings. The molecule has 0 fully saturated rings. The van der Waals surface area contributed by atoms with Gasteiger partial charge in [-0.3, -0.25) is 19.3 Å². The number of benzene rings is 2. The molecule has 130 valence electrons. The number of carbonyl (C=O) groups excluding carboxylic acids is 3. The Kier molecular flexibility index (Phi) is 4.81. The summed E-state index contributed by atoms with van der Waals surface area (Å²) in [5, 5.41) is 1.62. The van der Waals surface area contributed by atoms with Crippen molar-refractivity contribution in [1.29, 1.82) is 0 Å². The summed E-state index contributed by atoms with van der Waals surface area (Å²) in [6.45, 7) is 0.302. The maximum atomic E-state index is 12.7. The van der Waals surface area contributed by atoms with Gasteiger partial charge < -0.3 is 10.5 Å². The lowest BCUT2D eigenvalue weighted by molar-refractivity contribution is -0.142. The van der Waals surface area contributed by atoms with Crippen LogP contribution in [0.1, 0.15) is 40.0 Å². The molecule has 1 aliphatic heterocycles. The van der Waals surface area contributed by atoms with E-state index in [0.717, 1.165) is 10.8 Å². The predicted octanol–water partition coefficient (Wildman–Crippen LogP) is 2.11. The van der Waals surface area contributed by atoms with Crippen molar-refractivity contribution >= 4 is 28.6 Å². The van der Waals surface area contributed by atoms with E-state index in [2.05, 4.69) is 4.74 Å². The van der Waals surface area contributed by atoms with E-state index in [1.807, 2.05) is 24.3 Å². The molecule has 2 aromatic rings. The van der Waals surface area contributed by atoms with Gasteiger partial charge in [0, 0.05) is 23.1 Å². The van der Waals surface area contributed by atoms with Gasteiger partial charge >= 0.3 is 5.97 Å². The smallest absolute Gasteiger partial charge is 0.322 e. The Labute approximate surface area is 145 Å². The van der Waals surface area contributed by atoms with Gasteiger partial charge in [-0.15, -0.1) is 0 Å². The minimum absolute atomic E-state index is 0.272. The van der Waals surface area contributed by atoms with Crippen LogP contribution in [0.25, 0.3) is 10.8 Å². The summed E-state index contributed by atoms with van der Waals surface area (Å²) in [5.74, 6) is -0.996. The molecule has 0 saturated heterocycles. The Balaban J connectivity index is 1.71. The molecule has 6 nitrogen and oxygen atoms in total. The summed E-state index contributed by atoms with van der Waals surface area (Å²) in [4.78, 5) is 38.0. The fourth-order valence-corrected chi connectivity index (χ4v) is 3.19. The molecule has 3 rings (SSSR count). The average molecular weight is 340 g/mol. The van der Waals surface area contributed by atoms with E-state index in [-0.39, 0.29) is 11.8 Å². The lowest BCUT2D eigenvalue weighted by atomic mass is 9.94. The van der Waals surface area contributed by atoms with Gasteiger partial charge in [-0.05, 0) is 36.8 Å². The quantitative estimate of drug-likeness (QED) is 0.494.